The number of ether oxygens (including phenoxy) is 1. The number of methoxy groups -OCH3 is 1. The maximum atomic E-state index is 12.2. The number of hydrogen-bond donors (Lipinski definition) is 0. The van der Waals surface area contributed by atoms with Gasteiger partial charge in [-0.25, -0.2) is 4.79 Å². The molecule has 1 aromatic heterocycles. The first-order valence-corrected chi connectivity index (χ1v) is 7.62. The summed E-state index contributed by atoms with van der Waals surface area (Å²) in [5.41, 5.74) is 0. The second-order valence-electron chi connectivity index (χ2n) is 5.10. The van der Waals surface area contributed by atoms with Crippen molar-refractivity contribution < 1.29 is 9.30 Å². The molecule has 0 bridgehead atoms. The van der Waals surface area contributed by atoms with Gasteiger partial charge in [0.1, 0.15) is 5.75 Å². The van der Waals surface area contributed by atoms with Crippen molar-refractivity contribution in [1.82, 2.24) is 0 Å². The van der Waals surface area contributed by atoms with Crippen LogP contribution in [0.5, 0.6) is 5.75 Å². The zero-order valence-corrected chi connectivity index (χ0v) is 11.9. The molecule has 3 rings (SSSR count). The van der Waals surface area contributed by atoms with E-state index in [1.54, 1.807) is 7.11 Å². The van der Waals surface area contributed by atoms with Crippen molar-refractivity contribution in [2.45, 2.75) is 38.1 Å². The number of nitrogens with zero attached hydrogens (tertiary/aromatic N) is 1. The quantitative estimate of drug-likeness (QED) is 0.789. The lowest BCUT2D eigenvalue weighted by Crippen LogP contribution is -2.52. The first kappa shape index (κ1) is 12.6. The molecule has 0 amide bonds. The summed E-state index contributed by atoms with van der Waals surface area (Å²) in [4.78, 5) is 12.4. The molecule has 0 aliphatic heterocycles. The van der Waals surface area contributed by atoms with Crippen LogP contribution in [-0.4, -0.2) is 7.11 Å². The minimum atomic E-state index is 0.157. The summed E-state index contributed by atoms with van der Waals surface area (Å²) in [6.07, 6.45) is 8.03. The molecule has 4 heteroatoms. The number of fused-ring (bicyclic) bond motifs is 1. The average Bonchev–Trinajstić information content (AvgIpc) is 2.47. The van der Waals surface area contributed by atoms with Gasteiger partial charge in [-0.15, -0.1) is 0 Å². The van der Waals surface area contributed by atoms with Crippen molar-refractivity contribution >= 4 is 21.4 Å². The Balaban J connectivity index is 2.08. The Morgan fingerprint density at radius 1 is 1.26 bits per heavy atom. The van der Waals surface area contributed by atoms with E-state index in [4.69, 9.17) is 4.74 Å². The summed E-state index contributed by atoms with van der Waals surface area (Å²) < 4.78 is 8.22. The lowest BCUT2D eigenvalue weighted by atomic mass is 9.95. The summed E-state index contributed by atoms with van der Waals surface area (Å²) in [7, 11) is 1.67. The van der Waals surface area contributed by atoms with Crippen LogP contribution in [0, 0.1) is 0 Å². The molecule has 1 saturated carbocycles. The standard InChI is InChI=1S/C15H18NO2S/c1-18-13-7-8-14-11(9-13)10-16(15(17)19-14)12-5-3-2-4-6-12/h7-10,12H,2-6H2,1H3/q+1. The topological polar surface area (TPSA) is 30.2 Å². The molecule has 1 aliphatic carbocycles. The van der Waals surface area contributed by atoms with Crippen molar-refractivity contribution in [1.29, 1.82) is 0 Å². The molecule has 100 valence electrons. The summed E-state index contributed by atoms with van der Waals surface area (Å²) in [5, 5.41) is 1.09. The zero-order chi connectivity index (χ0) is 13.2. The van der Waals surface area contributed by atoms with E-state index in [0.29, 0.717) is 6.04 Å². The van der Waals surface area contributed by atoms with Crippen LogP contribution in [-0.2, 0) is 0 Å². The second kappa shape index (κ2) is 5.29. The van der Waals surface area contributed by atoms with Gasteiger partial charge in [0.15, 0.2) is 12.2 Å². The van der Waals surface area contributed by atoms with E-state index in [1.165, 1.54) is 30.6 Å². The molecule has 0 radical (unpaired) electrons. The van der Waals surface area contributed by atoms with E-state index in [-0.39, 0.29) is 4.87 Å². The van der Waals surface area contributed by atoms with Crippen LogP contribution in [0.2, 0.25) is 0 Å². The van der Waals surface area contributed by atoms with Gasteiger partial charge in [0.2, 0.25) is 0 Å². The molecule has 0 saturated heterocycles. The van der Waals surface area contributed by atoms with Crippen LogP contribution in [0.1, 0.15) is 38.1 Å². The van der Waals surface area contributed by atoms with Crippen LogP contribution in [0.3, 0.4) is 0 Å². The van der Waals surface area contributed by atoms with E-state index in [2.05, 4.69) is 0 Å². The van der Waals surface area contributed by atoms with Gasteiger partial charge in [0.05, 0.1) is 17.2 Å². The maximum absolute atomic E-state index is 12.2. The predicted molar refractivity (Wildman–Crippen MR) is 77.0 cm³/mol. The molecule has 0 N–H and O–H groups in total. The van der Waals surface area contributed by atoms with E-state index in [0.717, 1.165) is 28.7 Å². The van der Waals surface area contributed by atoms with Gasteiger partial charge in [-0.1, -0.05) is 6.42 Å². The van der Waals surface area contributed by atoms with Crippen molar-refractivity contribution in [3.63, 3.8) is 0 Å². The highest BCUT2D eigenvalue weighted by atomic mass is 32.1. The zero-order valence-electron chi connectivity index (χ0n) is 11.1. The third-order valence-corrected chi connectivity index (χ3v) is 4.85. The lowest BCUT2D eigenvalue weighted by Gasteiger charge is -2.16. The highest BCUT2D eigenvalue weighted by Crippen LogP contribution is 2.25. The minimum Gasteiger partial charge on any atom is -0.497 e. The Labute approximate surface area is 116 Å². The molecule has 1 aromatic carbocycles. The Morgan fingerprint density at radius 2 is 2.05 bits per heavy atom. The maximum Gasteiger partial charge on any atom is 0.473 e. The molecular formula is C15H18NO2S+. The highest BCUT2D eigenvalue weighted by molar-refractivity contribution is 7.15. The SMILES string of the molecule is COc1ccc2sc(=O)[n+](C3CCCCC3)cc2c1. The van der Waals surface area contributed by atoms with Gasteiger partial charge in [0.25, 0.3) is 0 Å². The normalized spacial score (nSPS) is 16.7. The van der Waals surface area contributed by atoms with Gasteiger partial charge in [-0.3, -0.25) is 0 Å². The monoisotopic (exact) mass is 276 g/mol. The van der Waals surface area contributed by atoms with E-state index in [9.17, 15) is 4.79 Å². The van der Waals surface area contributed by atoms with Gasteiger partial charge < -0.3 is 4.74 Å². The Hall–Kier alpha value is -1.42. The number of hydrogen-bond acceptors (Lipinski definition) is 3. The van der Waals surface area contributed by atoms with Crippen LogP contribution in [0.25, 0.3) is 10.1 Å². The molecule has 1 heterocycles. The molecule has 1 fully saturated rings. The van der Waals surface area contributed by atoms with E-state index >= 15 is 0 Å². The predicted octanol–water partition coefficient (Wildman–Crippen LogP) is 3.06. The summed E-state index contributed by atoms with van der Waals surface area (Å²) in [5.74, 6) is 0.841. The summed E-state index contributed by atoms with van der Waals surface area (Å²) in [6, 6.07) is 6.26. The number of rotatable bonds is 2. The Bertz CT molecular complexity index is 644. The first-order valence-electron chi connectivity index (χ1n) is 6.81. The fraction of sp³-hybridized carbons (Fsp3) is 0.467. The third-order valence-electron chi connectivity index (χ3n) is 3.87. The van der Waals surface area contributed by atoms with Gasteiger partial charge >= 0.3 is 4.87 Å². The van der Waals surface area contributed by atoms with Crippen molar-refractivity contribution in [3.8, 4) is 5.75 Å². The molecule has 2 aromatic rings. The lowest BCUT2D eigenvalue weighted by molar-refractivity contribution is -0.734. The van der Waals surface area contributed by atoms with E-state index < -0.39 is 0 Å². The molecule has 19 heavy (non-hydrogen) atoms. The minimum absolute atomic E-state index is 0.157. The fourth-order valence-electron chi connectivity index (χ4n) is 2.81. The first-order chi connectivity index (χ1) is 9.28. The smallest absolute Gasteiger partial charge is 0.473 e. The van der Waals surface area contributed by atoms with Gasteiger partial charge in [0, 0.05) is 12.8 Å². The largest absolute Gasteiger partial charge is 0.497 e. The molecule has 0 spiro atoms. The Kier molecular flexibility index (Phi) is 3.51. The second-order valence-corrected chi connectivity index (χ2v) is 6.09. The summed E-state index contributed by atoms with van der Waals surface area (Å²) >= 11 is 1.33. The van der Waals surface area contributed by atoms with Crippen LogP contribution >= 0.6 is 11.3 Å². The molecule has 1 aliphatic rings. The fourth-order valence-corrected chi connectivity index (χ4v) is 3.67. The van der Waals surface area contributed by atoms with Gasteiger partial charge in [-0.2, -0.15) is 4.57 Å². The molecule has 0 unspecified atom stereocenters. The van der Waals surface area contributed by atoms with Crippen LogP contribution in [0.15, 0.2) is 29.2 Å². The van der Waals surface area contributed by atoms with Crippen LogP contribution < -0.4 is 14.2 Å². The summed E-state index contributed by atoms with van der Waals surface area (Å²) in [6.45, 7) is 0. The molecule has 0 atom stereocenters. The number of benzene rings is 1. The highest BCUT2D eigenvalue weighted by Gasteiger charge is 2.25. The van der Waals surface area contributed by atoms with Crippen molar-refractivity contribution in [2.24, 2.45) is 0 Å². The van der Waals surface area contributed by atoms with Crippen LogP contribution in [0.4, 0.5) is 0 Å². The number of aromatic nitrogens is 1. The Morgan fingerprint density at radius 3 is 2.79 bits per heavy atom. The van der Waals surface area contributed by atoms with E-state index in [1.807, 2.05) is 29.0 Å². The molecular weight excluding hydrogens is 258 g/mol. The van der Waals surface area contributed by atoms with Crippen molar-refractivity contribution in [3.05, 3.63) is 34.1 Å². The molecule has 3 nitrogen and oxygen atoms in total. The third kappa shape index (κ3) is 2.50. The van der Waals surface area contributed by atoms with Crippen molar-refractivity contribution in [2.75, 3.05) is 7.11 Å². The van der Waals surface area contributed by atoms with Gasteiger partial charge in [-0.05, 0) is 42.4 Å². The average molecular weight is 276 g/mol.